The van der Waals surface area contributed by atoms with Crippen LogP contribution in [0, 0.1) is 23.7 Å². The molecular weight excluding hydrogens is 1070 g/mol. The van der Waals surface area contributed by atoms with E-state index in [4.69, 9.17) is 47.5 Å². The number of aryl methyl sites for hydroxylation is 2. The summed E-state index contributed by atoms with van der Waals surface area (Å²) in [6.07, 6.45) is -7.69. The summed E-state index contributed by atoms with van der Waals surface area (Å²) >= 11 is 0. The summed E-state index contributed by atoms with van der Waals surface area (Å²) in [6.45, 7) is 20.4. The molecule has 0 aliphatic carbocycles. The highest BCUT2D eigenvalue weighted by Gasteiger charge is 2.54. The molecule has 0 amide bonds. The molecule has 0 radical (unpaired) electrons. The molecule has 0 spiro atoms. The smallest absolute Gasteiger partial charge is 0.341 e. The van der Waals surface area contributed by atoms with Crippen molar-refractivity contribution in [2.45, 2.75) is 212 Å². The molecular formula is C59H96N4O19. The minimum atomic E-state index is -2.03. The van der Waals surface area contributed by atoms with Crippen molar-refractivity contribution >= 4 is 34.5 Å². The number of nitrogens with one attached hydrogen (secondary N) is 1. The minimum absolute atomic E-state index is 0.00448. The van der Waals surface area contributed by atoms with Crippen molar-refractivity contribution in [2.24, 2.45) is 28.8 Å². The van der Waals surface area contributed by atoms with Crippen molar-refractivity contribution in [3.05, 3.63) is 45.7 Å². The summed E-state index contributed by atoms with van der Waals surface area (Å²) in [6, 6.07) is 5.12. The van der Waals surface area contributed by atoms with Crippen LogP contribution < -0.4 is 10.7 Å². The average molecular weight is 1170 g/mol. The zero-order valence-electron chi connectivity index (χ0n) is 51.0. The zero-order chi connectivity index (χ0) is 61.0. The van der Waals surface area contributed by atoms with Crippen LogP contribution in [0.3, 0.4) is 0 Å². The van der Waals surface area contributed by atoms with Crippen LogP contribution in [0.1, 0.15) is 131 Å². The van der Waals surface area contributed by atoms with E-state index < -0.39 is 119 Å². The number of carbonyl (C=O) groups excluding carboxylic acids is 2. The van der Waals surface area contributed by atoms with Crippen molar-refractivity contribution in [3.63, 3.8) is 0 Å². The number of esters is 2. The third-order valence-corrected chi connectivity index (χ3v) is 16.9. The molecule has 3 aliphatic heterocycles. The Hall–Kier alpha value is -4.21. The van der Waals surface area contributed by atoms with E-state index in [1.54, 1.807) is 66.0 Å². The standard InChI is InChI=1S/C59H96N4O19/c1-16-44-59(11,72)51(67)35(5)47(61-76-32-75-26-25-73-14)33(3)29-57(9,71)52(82-56-49(66)43(62(12)13)27-34(4)77-56)36(6)50(37(7)55(70)79-44)81-46-30-58(10,74-15)53(38(8)78-46)80-45(64)22-24-60-23-18-19-39-20-21-42-40(28-39)48(65)41(54(68)69)31-63(42)17-2/h20-21,28,31,33-38,43-44,46,49-53,56,60,66-67,71-72H,16-19,22-27,29-30,32H2,1-15H3,(H,68,69)/b61-47+/t33-,34+,35+,36+,37+,38-,43-,44-,46?,49-,50+,51-,52-,53+,56-,57+,58?,59-/m0/s1. The number of aromatic nitrogens is 1. The van der Waals surface area contributed by atoms with Gasteiger partial charge in [0.25, 0.3) is 0 Å². The fourth-order valence-corrected chi connectivity index (χ4v) is 12.1. The Morgan fingerprint density at radius 3 is 2.27 bits per heavy atom. The van der Waals surface area contributed by atoms with E-state index in [1.807, 2.05) is 45.0 Å². The van der Waals surface area contributed by atoms with Crippen LogP contribution in [0.2, 0.25) is 0 Å². The zero-order valence-corrected chi connectivity index (χ0v) is 51.0. The van der Waals surface area contributed by atoms with Gasteiger partial charge >= 0.3 is 17.9 Å². The van der Waals surface area contributed by atoms with Crippen molar-refractivity contribution < 1.29 is 87.4 Å². The molecule has 466 valence electrons. The number of carboxylic acid groups (broad SMARTS) is 1. The molecule has 3 aliphatic rings. The number of fused-ring (bicyclic) bond motifs is 1. The first-order chi connectivity index (χ1) is 38.6. The van der Waals surface area contributed by atoms with Gasteiger partial charge in [-0.15, -0.1) is 0 Å². The van der Waals surface area contributed by atoms with E-state index in [2.05, 4.69) is 10.5 Å². The molecule has 4 heterocycles. The highest BCUT2D eigenvalue weighted by atomic mass is 16.7. The number of aromatic carboxylic acids is 1. The maximum atomic E-state index is 14.7. The summed E-state index contributed by atoms with van der Waals surface area (Å²) in [5, 5.41) is 66.7. The number of oxime groups is 1. The quantitative estimate of drug-likeness (QED) is 0.0389. The van der Waals surface area contributed by atoms with Crippen LogP contribution in [-0.4, -0.2) is 204 Å². The van der Waals surface area contributed by atoms with Crippen LogP contribution in [0.15, 0.2) is 34.3 Å². The Balaban J connectivity index is 1.38. The molecule has 1 aromatic carbocycles. The lowest BCUT2D eigenvalue weighted by molar-refractivity contribution is -0.318. The third-order valence-electron chi connectivity index (χ3n) is 16.9. The van der Waals surface area contributed by atoms with Crippen molar-refractivity contribution in [1.82, 2.24) is 14.8 Å². The maximum absolute atomic E-state index is 14.7. The van der Waals surface area contributed by atoms with E-state index in [0.717, 1.165) is 5.56 Å². The third kappa shape index (κ3) is 16.8. The number of nitrogens with zero attached hydrogens (tertiary/aromatic N) is 3. The summed E-state index contributed by atoms with van der Waals surface area (Å²) in [5.41, 5.74) is -4.06. The van der Waals surface area contributed by atoms with E-state index in [0.29, 0.717) is 56.4 Å². The normalized spacial score (nSPS) is 35.8. The Bertz CT molecular complexity index is 2490. The van der Waals surface area contributed by atoms with Gasteiger partial charge in [0.2, 0.25) is 12.2 Å². The van der Waals surface area contributed by atoms with Crippen molar-refractivity contribution in [1.29, 1.82) is 0 Å². The summed E-state index contributed by atoms with van der Waals surface area (Å²) in [7, 11) is 6.72. The van der Waals surface area contributed by atoms with Gasteiger partial charge in [0.05, 0.1) is 72.9 Å². The number of aliphatic hydroxyl groups excluding tert-OH is 2. The Kier molecular flexibility index (Phi) is 25.3. The SMILES string of the molecule is CC[C@@H]1OC(=O)[C@H](C)[C@H](OC2CC(C)(OC)[C@H](OC(=O)CCNCCCc3ccc4c(c3)c(=O)c(C(=O)O)cn4CC)[C@H](C)O2)[C@@H](C)[C@H](O[C@@H]2O[C@H](C)C[C@H](N(C)C)[C@@H]2O)[C@](C)(O)C[C@H](C)/C(=N\OCOCCOC)[C@@H](C)[C@H](O)[C@@]1(C)O. The average Bonchev–Trinajstić information content (AvgIpc) is 3.62. The Labute approximate surface area is 483 Å². The van der Waals surface area contributed by atoms with Crippen LogP contribution in [0.5, 0.6) is 0 Å². The largest absolute Gasteiger partial charge is 0.477 e. The molecule has 18 atom stereocenters. The second kappa shape index (κ2) is 30.2. The van der Waals surface area contributed by atoms with E-state index in [9.17, 15) is 44.7 Å². The lowest BCUT2D eigenvalue weighted by Gasteiger charge is -2.49. The molecule has 3 saturated heterocycles. The molecule has 23 nitrogen and oxygen atoms in total. The Morgan fingerprint density at radius 1 is 0.927 bits per heavy atom. The van der Waals surface area contributed by atoms with Crippen molar-refractivity contribution in [3.8, 4) is 0 Å². The van der Waals surface area contributed by atoms with Gasteiger partial charge in [-0.2, -0.15) is 0 Å². The number of carboxylic acids is 1. The number of methoxy groups -OCH3 is 2. The van der Waals surface area contributed by atoms with Gasteiger partial charge in [0.1, 0.15) is 29.0 Å². The number of ether oxygens (including phenoxy) is 9. The van der Waals surface area contributed by atoms with Gasteiger partial charge in [0, 0.05) is 69.1 Å². The fraction of sp³-hybridized carbons (Fsp3) is 0.780. The van der Waals surface area contributed by atoms with Gasteiger partial charge < -0.3 is 87.8 Å². The molecule has 0 saturated carbocycles. The first-order valence-electron chi connectivity index (χ1n) is 29.0. The number of carbonyl (C=O) groups is 3. The molecule has 1 aromatic heterocycles. The number of aliphatic hydroxyl groups is 4. The van der Waals surface area contributed by atoms with Crippen LogP contribution in [0.4, 0.5) is 0 Å². The monoisotopic (exact) mass is 1160 g/mol. The number of hydrogen-bond donors (Lipinski definition) is 6. The molecule has 23 heteroatoms. The highest BCUT2D eigenvalue weighted by molar-refractivity contribution is 5.92. The van der Waals surface area contributed by atoms with Crippen LogP contribution in [0.25, 0.3) is 10.9 Å². The molecule has 2 aromatic rings. The lowest BCUT2D eigenvalue weighted by Crippen LogP contribution is -2.61. The number of benzene rings is 1. The Morgan fingerprint density at radius 2 is 1.63 bits per heavy atom. The minimum Gasteiger partial charge on any atom is -0.477 e. The van der Waals surface area contributed by atoms with E-state index in [1.165, 1.54) is 27.3 Å². The topological polar surface area (TPSA) is 294 Å². The number of cyclic esters (lactones) is 1. The van der Waals surface area contributed by atoms with E-state index >= 15 is 0 Å². The molecule has 82 heavy (non-hydrogen) atoms. The first-order valence-corrected chi connectivity index (χ1v) is 29.0. The van der Waals surface area contributed by atoms with Gasteiger partial charge in [-0.1, -0.05) is 38.9 Å². The molecule has 5 rings (SSSR count). The second-order valence-corrected chi connectivity index (χ2v) is 23.6. The maximum Gasteiger partial charge on any atom is 0.341 e. The molecule has 6 N–H and O–H groups in total. The van der Waals surface area contributed by atoms with Gasteiger partial charge in [0.15, 0.2) is 18.7 Å². The molecule has 0 bridgehead atoms. The number of likely N-dealkylation sites (N-methyl/N-ethyl adjacent to an activating group) is 1. The fourth-order valence-electron chi connectivity index (χ4n) is 12.1. The molecule has 2 unspecified atom stereocenters. The summed E-state index contributed by atoms with van der Waals surface area (Å²) in [4.78, 5) is 60.5. The lowest BCUT2D eigenvalue weighted by atomic mass is 9.73. The van der Waals surface area contributed by atoms with E-state index in [-0.39, 0.29) is 62.5 Å². The predicted molar refractivity (Wildman–Crippen MR) is 303 cm³/mol. The van der Waals surface area contributed by atoms with Gasteiger partial charge in [-0.3, -0.25) is 14.4 Å². The van der Waals surface area contributed by atoms with Crippen LogP contribution >= 0.6 is 0 Å². The number of hydrogen-bond acceptors (Lipinski definition) is 21. The molecule has 3 fully saturated rings. The van der Waals surface area contributed by atoms with Crippen LogP contribution in [-0.2, 0) is 70.0 Å². The summed E-state index contributed by atoms with van der Waals surface area (Å²) in [5.74, 6) is -6.25. The van der Waals surface area contributed by atoms with Gasteiger partial charge in [-0.05, 0) is 119 Å². The van der Waals surface area contributed by atoms with Crippen molar-refractivity contribution in [2.75, 3.05) is 61.4 Å². The summed E-state index contributed by atoms with van der Waals surface area (Å²) < 4.78 is 57.3. The predicted octanol–water partition coefficient (Wildman–Crippen LogP) is 4.41. The first kappa shape index (κ1) is 68.6. The highest BCUT2D eigenvalue weighted by Crippen LogP contribution is 2.42. The second-order valence-electron chi connectivity index (χ2n) is 23.6. The van der Waals surface area contributed by atoms with Gasteiger partial charge in [-0.25, -0.2) is 4.79 Å². The number of rotatable bonds is 23. The number of pyridine rings is 1.